The maximum atomic E-state index is 11.4. The molecule has 0 aliphatic rings. The molecule has 6 heteroatoms. The first-order chi connectivity index (χ1) is 8.07. The van der Waals surface area contributed by atoms with Crippen molar-refractivity contribution in [3.05, 3.63) is 36.9 Å². The van der Waals surface area contributed by atoms with Crippen LogP contribution in [0, 0.1) is 0 Å². The van der Waals surface area contributed by atoms with Gasteiger partial charge in [0.25, 0.3) is 0 Å². The molecule has 0 saturated carbocycles. The predicted molar refractivity (Wildman–Crippen MR) is 68.6 cm³/mol. The normalized spacial score (nSPS) is 10.9. The van der Waals surface area contributed by atoms with Gasteiger partial charge in [0.1, 0.15) is 12.4 Å². The van der Waals surface area contributed by atoms with Crippen molar-refractivity contribution in [1.29, 1.82) is 0 Å². The zero-order valence-corrected chi connectivity index (χ0v) is 10.2. The smallest absolute Gasteiger partial charge is 0.236 e. The van der Waals surface area contributed by atoms with Crippen LogP contribution in [0.4, 0.5) is 5.69 Å². The van der Waals surface area contributed by atoms with Gasteiger partial charge in [-0.15, -0.1) is 6.58 Å². The second kappa shape index (κ2) is 6.27. The Morgan fingerprint density at radius 1 is 1.35 bits per heavy atom. The summed E-state index contributed by atoms with van der Waals surface area (Å²) < 4.78 is 30.5. The lowest BCUT2D eigenvalue weighted by Crippen LogP contribution is -2.15. The monoisotopic (exact) mass is 256 g/mol. The number of nitrogens with two attached hydrogens (primary N) is 1. The topological polar surface area (TPSA) is 81.4 Å². The summed E-state index contributed by atoms with van der Waals surface area (Å²) in [6.45, 7) is 4.25. The number of hydrogen-bond acceptors (Lipinski definition) is 4. The van der Waals surface area contributed by atoms with E-state index in [-0.39, 0.29) is 5.75 Å². The largest absolute Gasteiger partial charge is 0.492 e. The van der Waals surface area contributed by atoms with Gasteiger partial charge in [-0.3, -0.25) is 4.72 Å². The van der Waals surface area contributed by atoms with Crippen molar-refractivity contribution >= 4 is 15.7 Å². The van der Waals surface area contributed by atoms with Gasteiger partial charge in [-0.2, -0.15) is 0 Å². The van der Waals surface area contributed by atoms with E-state index in [1.54, 1.807) is 24.3 Å². The van der Waals surface area contributed by atoms with E-state index in [1.165, 1.54) is 6.08 Å². The third-order valence-electron chi connectivity index (χ3n) is 1.85. The van der Waals surface area contributed by atoms with Crippen molar-refractivity contribution in [1.82, 2.24) is 0 Å². The first-order valence-electron chi connectivity index (χ1n) is 5.12. The molecule has 0 heterocycles. The molecular weight excluding hydrogens is 240 g/mol. The highest BCUT2D eigenvalue weighted by Gasteiger charge is 2.07. The van der Waals surface area contributed by atoms with Gasteiger partial charge >= 0.3 is 0 Å². The Morgan fingerprint density at radius 3 is 2.53 bits per heavy atom. The maximum absolute atomic E-state index is 11.4. The van der Waals surface area contributed by atoms with E-state index in [9.17, 15) is 8.42 Å². The van der Waals surface area contributed by atoms with Crippen LogP contribution in [-0.4, -0.2) is 27.3 Å². The molecular formula is C11H16N2O3S. The van der Waals surface area contributed by atoms with E-state index in [1.807, 2.05) is 0 Å². The Bertz CT molecular complexity index is 454. The molecule has 3 N–H and O–H groups in total. The van der Waals surface area contributed by atoms with Crippen LogP contribution in [0.1, 0.15) is 0 Å². The zero-order chi connectivity index (χ0) is 12.7. The molecule has 0 spiro atoms. The summed E-state index contributed by atoms with van der Waals surface area (Å²) in [5.74, 6) is 0.542. The number of anilines is 1. The fraction of sp³-hybridized carbons (Fsp3) is 0.273. The summed E-state index contributed by atoms with van der Waals surface area (Å²) in [6.07, 6.45) is 1.33. The molecule has 0 atom stereocenters. The van der Waals surface area contributed by atoms with E-state index in [0.717, 1.165) is 0 Å². The van der Waals surface area contributed by atoms with Crippen LogP contribution >= 0.6 is 0 Å². The molecule has 0 fully saturated rings. The van der Waals surface area contributed by atoms with Crippen molar-refractivity contribution in [3.8, 4) is 5.75 Å². The van der Waals surface area contributed by atoms with Crippen molar-refractivity contribution < 1.29 is 13.2 Å². The molecule has 17 heavy (non-hydrogen) atoms. The summed E-state index contributed by atoms with van der Waals surface area (Å²) >= 11 is 0. The number of sulfonamides is 1. The number of nitrogens with one attached hydrogen (secondary N) is 1. The molecule has 0 saturated heterocycles. The van der Waals surface area contributed by atoms with Gasteiger partial charge in [0.05, 0.1) is 5.75 Å². The first kappa shape index (κ1) is 13.5. The van der Waals surface area contributed by atoms with Gasteiger partial charge in [0.2, 0.25) is 10.0 Å². The Balaban J connectivity index is 2.65. The molecule has 1 rings (SSSR count). The fourth-order valence-electron chi connectivity index (χ4n) is 1.17. The summed E-state index contributed by atoms with van der Waals surface area (Å²) in [4.78, 5) is 0. The maximum Gasteiger partial charge on any atom is 0.236 e. The summed E-state index contributed by atoms with van der Waals surface area (Å²) in [5, 5.41) is 0. The standard InChI is InChI=1S/C11H16N2O3S/c1-2-9-17(14,15)13-10-3-5-11(6-4-10)16-8-7-12/h2-6,13H,1,7-9,12H2. The van der Waals surface area contributed by atoms with Gasteiger partial charge in [0, 0.05) is 12.2 Å². The molecule has 0 radical (unpaired) electrons. The second-order valence-electron chi connectivity index (χ2n) is 3.33. The number of benzene rings is 1. The molecule has 0 aliphatic heterocycles. The molecule has 1 aromatic rings. The Hall–Kier alpha value is -1.53. The highest BCUT2D eigenvalue weighted by atomic mass is 32.2. The van der Waals surface area contributed by atoms with Crippen molar-refractivity contribution in [2.24, 2.45) is 5.73 Å². The van der Waals surface area contributed by atoms with E-state index in [4.69, 9.17) is 10.5 Å². The van der Waals surface area contributed by atoms with Crippen LogP contribution in [0.3, 0.4) is 0 Å². The quantitative estimate of drug-likeness (QED) is 0.712. The summed E-state index contributed by atoms with van der Waals surface area (Å²) in [7, 11) is -3.34. The molecule has 94 valence electrons. The van der Waals surface area contributed by atoms with Crippen LogP contribution in [-0.2, 0) is 10.0 Å². The minimum absolute atomic E-state index is 0.113. The molecule has 0 aliphatic carbocycles. The van der Waals surface area contributed by atoms with Gasteiger partial charge < -0.3 is 10.5 Å². The Morgan fingerprint density at radius 2 is 2.00 bits per heavy atom. The van der Waals surface area contributed by atoms with Crippen LogP contribution in [0.25, 0.3) is 0 Å². The van der Waals surface area contributed by atoms with E-state index < -0.39 is 10.0 Å². The lowest BCUT2D eigenvalue weighted by molar-refractivity contribution is 0.328. The SMILES string of the molecule is C=CCS(=O)(=O)Nc1ccc(OCCN)cc1. The minimum atomic E-state index is -3.34. The fourth-order valence-corrected chi connectivity index (χ4v) is 2.06. The van der Waals surface area contributed by atoms with E-state index in [2.05, 4.69) is 11.3 Å². The average molecular weight is 256 g/mol. The molecule has 0 amide bonds. The van der Waals surface area contributed by atoms with Crippen LogP contribution in [0.5, 0.6) is 5.75 Å². The highest BCUT2D eigenvalue weighted by molar-refractivity contribution is 7.92. The summed E-state index contributed by atoms with van der Waals surface area (Å²) in [6, 6.07) is 6.63. The lowest BCUT2D eigenvalue weighted by atomic mass is 10.3. The number of rotatable bonds is 7. The Labute approximate surface area is 101 Å². The molecule has 0 unspecified atom stereocenters. The van der Waals surface area contributed by atoms with E-state index in [0.29, 0.717) is 24.6 Å². The van der Waals surface area contributed by atoms with Gasteiger partial charge in [0.15, 0.2) is 0 Å². The third kappa shape index (κ3) is 4.88. The van der Waals surface area contributed by atoms with Crippen LogP contribution in [0.15, 0.2) is 36.9 Å². The summed E-state index contributed by atoms with van der Waals surface area (Å²) in [5.41, 5.74) is 5.79. The molecule has 0 bridgehead atoms. The molecule has 0 aromatic heterocycles. The van der Waals surface area contributed by atoms with Crippen molar-refractivity contribution in [3.63, 3.8) is 0 Å². The minimum Gasteiger partial charge on any atom is -0.492 e. The highest BCUT2D eigenvalue weighted by Crippen LogP contribution is 2.16. The van der Waals surface area contributed by atoms with Crippen LogP contribution in [0.2, 0.25) is 0 Å². The van der Waals surface area contributed by atoms with Crippen molar-refractivity contribution in [2.75, 3.05) is 23.6 Å². The Kier molecular flexibility index (Phi) is 4.99. The number of hydrogen-bond donors (Lipinski definition) is 2. The lowest BCUT2D eigenvalue weighted by Gasteiger charge is -2.08. The van der Waals surface area contributed by atoms with Gasteiger partial charge in [-0.25, -0.2) is 8.42 Å². The van der Waals surface area contributed by atoms with Gasteiger partial charge in [-0.05, 0) is 24.3 Å². The predicted octanol–water partition coefficient (Wildman–Crippen LogP) is 0.952. The second-order valence-corrected chi connectivity index (χ2v) is 5.10. The first-order valence-corrected chi connectivity index (χ1v) is 6.77. The van der Waals surface area contributed by atoms with Gasteiger partial charge in [-0.1, -0.05) is 6.08 Å². The number of ether oxygens (including phenoxy) is 1. The molecule has 5 nitrogen and oxygen atoms in total. The average Bonchev–Trinajstić information content (AvgIpc) is 2.27. The third-order valence-corrected chi connectivity index (χ3v) is 3.07. The zero-order valence-electron chi connectivity index (χ0n) is 9.43. The van der Waals surface area contributed by atoms with Crippen molar-refractivity contribution in [2.45, 2.75) is 0 Å². The van der Waals surface area contributed by atoms with Crippen LogP contribution < -0.4 is 15.2 Å². The van der Waals surface area contributed by atoms with E-state index >= 15 is 0 Å². The molecule has 1 aromatic carbocycles.